The van der Waals surface area contributed by atoms with E-state index in [1.807, 2.05) is 4.90 Å². The lowest BCUT2D eigenvalue weighted by atomic mass is 10.2. The quantitative estimate of drug-likeness (QED) is 0.877. The van der Waals surface area contributed by atoms with Gasteiger partial charge in [0.15, 0.2) is 0 Å². The van der Waals surface area contributed by atoms with Crippen LogP contribution in [0.1, 0.15) is 11.3 Å². The maximum absolute atomic E-state index is 10.7. The zero-order chi connectivity index (χ0) is 12.7. The highest BCUT2D eigenvalue weighted by Crippen LogP contribution is 2.24. The minimum Gasteiger partial charge on any atom is -0.480 e. The van der Waals surface area contributed by atoms with E-state index in [0.29, 0.717) is 0 Å². The van der Waals surface area contributed by atoms with Crippen molar-refractivity contribution in [3.8, 4) is 0 Å². The normalized spacial score (nSPS) is 15.8. The largest absolute Gasteiger partial charge is 0.480 e. The van der Waals surface area contributed by atoms with Gasteiger partial charge in [0.25, 0.3) is 0 Å². The maximum atomic E-state index is 10.7. The number of aliphatic carboxylic acids is 1. The van der Waals surface area contributed by atoms with Crippen LogP contribution in [0.5, 0.6) is 0 Å². The molecule has 0 saturated carbocycles. The topological polar surface area (TPSA) is 45.5 Å². The number of carbonyl (C=O) groups is 1. The molecule has 18 heavy (non-hydrogen) atoms. The van der Waals surface area contributed by atoms with Gasteiger partial charge in [-0.2, -0.15) is 0 Å². The highest BCUT2D eigenvalue weighted by molar-refractivity contribution is 5.82. The molecule has 0 unspecified atom stereocenters. The number of carboxylic acid groups (broad SMARTS) is 1. The van der Waals surface area contributed by atoms with E-state index in [0.717, 1.165) is 19.6 Å². The number of hydrogen-bond acceptors (Lipinski definition) is 2. The third-order valence-corrected chi connectivity index (χ3v) is 3.53. The number of carboxylic acids is 1. The monoisotopic (exact) mass is 244 g/mol. The number of hydrogen-bond donors (Lipinski definition) is 1. The van der Waals surface area contributed by atoms with Crippen LogP contribution in [0.3, 0.4) is 0 Å². The summed E-state index contributed by atoms with van der Waals surface area (Å²) in [4.78, 5) is 12.7. The number of aromatic nitrogens is 1. The second-order valence-corrected chi connectivity index (χ2v) is 4.95. The van der Waals surface area contributed by atoms with Gasteiger partial charge in [-0.1, -0.05) is 12.1 Å². The van der Waals surface area contributed by atoms with E-state index in [-0.39, 0.29) is 6.54 Å². The summed E-state index contributed by atoms with van der Waals surface area (Å²) in [5.74, 6) is -0.754. The van der Waals surface area contributed by atoms with Crippen LogP contribution in [-0.2, 0) is 17.9 Å². The molecule has 0 fully saturated rings. The Hall–Kier alpha value is -1.81. The van der Waals surface area contributed by atoms with Gasteiger partial charge in [-0.05, 0) is 30.0 Å². The van der Waals surface area contributed by atoms with Gasteiger partial charge in [0.2, 0.25) is 0 Å². The lowest BCUT2D eigenvalue weighted by molar-refractivity contribution is -0.138. The van der Waals surface area contributed by atoms with Crippen LogP contribution in [0.2, 0.25) is 0 Å². The van der Waals surface area contributed by atoms with Crippen LogP contribution in [0.4, 0.5) is 0 Å². The first-order chi connectivity index (χ1) is 8.63. The van der Waals surface area contributed by atoms with E-state index in [4.69, 9.17) is 5.11 Å². The molecule has 94 valence electrons. The van der Waals surface area contributed by atoms with Crippen LogP contribution >= 0.6 is 0 Å². The molecule has 0 bridgehead atoms. The molecule has 0 spiro atoms. The van der Waals surface area contributed by atoms with E-state index >= 15 is 0 Å². The smallest absolute Gasteiger partial charge is 0.317 e. The predicted molar refractivity (Wildman–Crippen MR) is 69.6 cm³/mol. The third kappa shape index (κ3) is 1.88. The Balaban J connectivity index is 1.97. The van der Waals surface area contributed by atoms with Crippen molar-refractivity contribution in [2.24, 2.45) is 0 Å². The highest BCUT2D eigenvalue weighted by Gasteiger charge is 2.19. The highest BCUT2D eigenvalue weighted by atomic mass is 16.4. The van der Waals surface area contributed by atoms with Crippen LogP contribution in [0, 0.1) is 6.92 Å². The lowest BCUT2D eigenvalue weighted by Crippen LogP contribution is -2.36. The van der Waals surface area contributed by atoms with Gasteiger partial charge in [-0.3, -0.25) is 9.69 Å². The van der Waals surface area contributed by atoms with Crippen LogP contribution in [0.25, 0.3) is 10.9 Å². The molecule has 0 aliphatic carbocycles. The Morgan fingerprint density at radius 2 is 2.17 bits per heavy atom. The first-order valence-corrected chi connectivity index (χ1v) is 6.16. The Morgan fingerprint density at radius 1 is 1.33 bits per heavy atom. The molecule has 1 aromatic heterocycles. The van der Waals surface area contributed by atoms with Gasteiger partial charge < -0.3 is 9.67 Å². The molecule has 1 aliphatic rings. The molecular weight excluding hydrogens is 228 g/mol. The molecule has 1 aromatic carbocycles. The van der Waals surface area contributed by atoms with Gasteiger partial charge in [-0.25, -0.2) is 0 Å². The minimum absolute atomic E-state index is 0.126. The molecule has 4 heteroatoms. The SMILES string of the molecule is Cc1ccc2cc3n(c2c1)CCN(CC(=O)O)C3. The Labute approximate surface area is 105 Å². The Bertz CT molecular complexity index is 616. The fraction of sp³-hybridized carbons (Fsp3) is 0.357. The second kappa shape index (κ2) is 4.14. The van der Waals surface area contributed by atoms with Crippen molar-refractivity contribution in [3.63, 3.8) is 0 Å². The second-order valence-electron chi connectivity index (χ2n) is 4.95. The summed E-state index contributed by atoms with van der Waals surface area (Å²) in [6.45, 7) is 4.62. The summed E-state index contributed by atoms with van der Waals surface area (Å²) in [7, 11) is 0. The zero-order valence-electron chi connectivity index (χ0n) is 10.4. The number of rotatable bonds is 2. The van der Waals surface area contributed by atoms with Crippen molar-refractivity contribution in [2.75, 3.05) is 13.1 Å². The van der Waals surface area contributed by atoms with Crippen molar-refractivity contribution >= 4 is 16.9 Å². The molecule has 2 heterocycles. The fourth-order valence-electron chi connectivity index (χ4n) is 2.69. The first-order valence-electron chi connectivity index (χ1n) is 6.16. The van der Waals surface area contributed by atoms with E-state index in [1.54, 1.807) is 0 Å². The van der Waals surface area contributed by atoms with Gasteiger partial charge >= 0.3 is 5.97 Å². The zero-order valence-corrected chi connectivity index (χ0v) is 10.4. The molecule has 1 aliphatic heterocycles. The summed E-state index contributed by atoms with van der Waals surface area (Å²) in [6, 6.07) is 8.62. The van der Waals surface area contributed by atoms with Gasteiger partial charge in [0.05, 0.1) is 6.54 Å². The molecule has 0 saturated heterocycles. The molecule has 2 aromatic rings. The standard InChI is InChI=1S/C14H16N2O2/c1-10-2-3-11-7-12-8-15(9-14(17)18)4-5-16(12)13(11)6-10/h2-3,6-7H,4-5,8-9H2,1H3,(H,17,18). The van der Waals surface area contributed by atoms with Crippen molar-refractivity contribution in [1.82, 2.24) is 9.47 Å². The summed E-state index contributed by atoms with van der Waals surface area (Å²) >= 11 is 0. The van der Waals surface area contributed by atoms with Crippen molar-refractivity contribution in [3.05, 3.63) is 35.5 Å². The molecule has 1 N–H and O–H groups in total. The summed E-state index contributed by atoms with van der Waals surface area (Å²) in [5.41, 5.74) is 3.74. The van der Waals surface area contributed by atoms with E-state index in [9.17, 15) is 4.79 Å². The van der Waals surface area contributed by atoms with E-state index < -0.39 is 5.97 Å². The van der Waals surface area contributed by atoms with Crippen LogP contribution in [0.15, 0.2) is 24.3 Å². The van der Waals surface area contributed by atoms with Crippen LogP contribution in [-0.4, -0.2) is 33.6 Å². The van der Waals surface area contributed by atoms with Crippen LogP contribution < -0.4 is 0 Å². The summed E-state index contributed by atoms with van der Waals surface area (Å²) in [6.07, 6.45) is 0. The predicted octanol–water partition coefficient (Wildman–Crippen LogP) is 1.85. The fourth-order valence-corrected chi connectivity index (χ4v) is 2.69. The van der Waals surface area contributed by atoms with Crippen molar-refractivity contribution in [2.45, 2.75) is 20.0 Å². The molecular formula is C14H16N2O2. The molecule has 0 radical (unpaired) electrons. The van der Waals surface area contributed by atoms with Gasteiger partial charge in [0, 0.05) is 30.8 Å². The van der Waals surface area contributed by atoms with Gasteiger partial charge in [-0.15, -0.1) is 0 Å². The summed E-state index contributed by atoms with van der Waals surface area (Å²) < 4.78 is 2.31. The van der Waals surface area contributed by atoms with E-state index in [2.05, 4.69) is 35.8 Å². The molecule has 0 atom stereocenters. The lowest BCUT2D eigenvalue weighted by Gasteiger charge is -2.27. The first kappa shape index (κ1) is 11.3. The molecule has 3 rings (SSSR count). The van der Waals surface area contributed by atoms with Gasteiger partial charge in [0.1, 0.15) is 0 Å². The number of fused-ring (bicyclic) bond motifs is 3. The van der Waals surface area contributed by atoms with E-state index in [1.165, 1.54) is 22.2 Å². The average molecular weight is 244 g/mol. The third-order valence-electron chi connectivity index (χ3n) is 3.53. The summed E-state index contributed by atoms with van der Waals surface area (Å²) in [5, 5.41) is 10.1. The maximum Gasteiger partial charge on any atom is 0.317 e. The van der Waals surface area contributed by atoms with Crippen molar-refractivity contribution < 1.29 is 9.90 Å². The number of aryl methyl sites for hydroxylation is 1. The average Bonchev–Trinajstić information content (AvgIpc) is 2.65. The number of nitrogens with zero attached hydrogens (tertiary/aromatic N) is 2. The Morgan fingerprint density at radius 3 is 2.94 bits per heavy atom. The number of benzene rings is 1. The molecule has 0 amide bonds. The van der Waals surface area contributed by atoms with Crippen molar-refractivity contribution in [1.29, 1.82) is 0 Å². The minimum atomic E-state index is -0.754. The molecule has 4 nitrogen and oxygen atoms in total. The Kier molecular flexibility index (Phi) is 2.59.